The fourth-order valence-electron chi connectivity index (χ4n) is 0.776. The molecular formula is C9H18Se. The van der Waals surface area contributed by atoms with Crippen molar-refractivity contribution in [1.29, 1.82) is 0 Å². The molecule has 0 saturated heterocycles. The van der Waals surface area contributed by atoms with Crippen molar-refractivity contribution in [2.24, 2.45) is 0 Å². The zero-order chi connectivity index (χ0) is 7.66. The van der Waals surface area contributed by atoms with Gasteiger partial charge in [-0.1, -0.05) is 0 Å². The number of allylic oxidation sites excluding steroid dienone is 1. The number of hydrogen-bond acceptors (Lipinski definition) is 0. The molecule has 0 amide bonds. The summed E-state index contributed by atoms with van der Waals surface area (Å²) in [6.45, 7) is 4.37. The van der Waals surface area contributed by atoms with Gasteiger partial charge < -0.3 is 0 Å². The predicted molar refractivity (Wildman–Crippen MR) is 49.5 cm³/mol. The molecule has 1 heteroatoms. The van der Waals surface area contributed by atoms with Crippen LogP contribution in [0.1, 0.15) is 39.5 Å². The van der Waals surface area contributed by atoms with Crippen LogP contribution in [0.5, 0.6) is 0 Å². The zero-order valence-corrected chi connectivity index (χ0v) is 8.81. The Morgan fingerprint density at radius 3 is 2.60 bits per heavy atom. The predicted octanol–water partition coefficient (Wildman–Crippen LogP) is 3.22. The third-order valence-corrected chi connectivity index (χ3v) is 3.42. The molecule has 0 rings (SSSR count). The van der Waals surface area contributed by atoms with Crippen LogP contribution in [0.2, 0.25) is 5.32 Å². The molecule has 0 fully saturated rings. The van der Waals surface area contributed by atoms with Crippen molar-refractivity contribution < 1.29 is 0 Å². The topological polar surface area (TPSA) is 0 Å². The Bertz CT molecular complexity index is 76.8. The van der Waals surface area contributed by atoms with Gasteiger partial charge in [-0.15, -0.1) is 0 Å². The molecule has 0 unspecified atom stereocenters. The zero-order valence-electron chi connectivity index (χ0n) is 7.10. The van der Waals surface area contributed by atoms with Crippen LogP contribution in [0.4, 0.5) is 0 Å². The van der Waals surface area contributed by atoms with E-state index in [0.717, 1.165) is 15.0 Å². The van der Waals surface area contributed by atoms with Gasteiger partial charge in [-0.3, -0.25) is 0 Å². The van der Waals surface area contributed by atoms with E-state index in [2.05, 4.69) is 24.9 Å². The van der Waals surface area contributed by atoms with Crippen LogP contribution in [0.3, 0.4) is 0 Å². The van der Waals surface area contributed by atoms with Crippen molar-refractivity contribution in [2.45, 2.75) is 44.9 Å². The van der Waals surface area contributed by atoms with Crippen molar-refractivity contribution in [1.82, 2.24) is 0 Å². The van der Waals surface area contributed by atoms with Crippen LogP contribution < -0.4 is 0 Å². The van der Waals surface area contributed by atoms with Crippen molar-refractivity contribution in [3.05, 3.63) is 11.1 Å². The van der Waals surface area contributed by atoms with Gasteiger partial charge in [-0.2, -0.15) is 0 Å². The Hall–Kier alpha value is 0.259. The van der Waals surface area contributed by atoms with E-state index >= 15 is 0 Å². The van der Waals surface area contributed by atoms with E-state index in [1.807, 2.05) is 0 Å². The van der Waals surface area contributed by atoms with Crippen LogP contribution in [0.25, 0.3) is 0 Å². The van der Waals surface area contributed by atoms with Crippen molar-refractivity contribution in [3.63, 3.8) is 0 Å². The van der Waals surface area contributed by atoms with Crippen LogP contribution in [0.15, 0.2) is 11.1 Å². The first-order valence-electron chi connectivity index (χ1n) is 4.14. The Morgan fingerprint density at radius 2 is 2.00 bits per heavy atom. The maximum atomic E-state index is 2.32. The fourth-order valence-corrected chi connectivity index (χ4v) is 2.24. The minimum absolute atomic E-state index is 0.794. The van der Waals surface area contributed by atoms with Gasteiger partial charge in [0.1, 0.15) is 0 Å². The average molecular weight is 205 g/mol. The van der Waals surface area contributed by atoms with E-state index in [1.165, 1.54) is 31.0 Å². The molecule has 0 bridgehead atoms. The fraction of sp³-hybridized carbons (Fsp3) is 0.778. The SMILES string of the molecule is C/C=C/[Se]CCCCCC. The van der Waals surface area contributed by atoms with Crippen LogP contribution in [-0.2, 0) is 0 Å². The Kier molecular flexibility index (Phi) is 9.50. The standard InChI is InChI=1S/C9H18Se/c1-3-5-6-7-9-10-8-4-2/h4,8H,3,5-7,9H2,1-2H3/b8-4+. The van der Waals surface area contributed by atoms with Crippen LogP contribution >= 0.6 is 0 Å². The normalized spacial score (nSPS) is 11.0. The first-order valence-corrected chi connectivity index (χ1v) is 6.34. The summed E-state index contributed by atoms with van der Waals surface area (Å²) in [4.78, 5) is 2.32. The van der Waals surface area contributed by atoms with E-state index in [4.69, 9.17) is 0 Å². The van der Waals surface area contributed by atoms with Gasteiger partial charge in [0.05, 0.1) is 0 Å². The first kappa shape index (κ1) is 10.3. The maximum absolute atomic E-state index is 2.32. The van der Waals surface area contributed by atoms with E-state index in [0.29, 0.717) is 0 Å². The van der Waals surface area contributed by atoms with Gasteiger partial charge in [0.2, 0.25) is 0 Å². The van der Waals surface area contributed by atoms with Gasteiger partial charge in [0.15, 0.2) is 0 Å². The van der Waals surface area contributed by atoms with E-state index in [-0.39, 0.29) is 0 Å². The quantitative estimate of drug-likeness (QED) is 0.461. The minimum atomic E-state index is 0.794. The number of unbranched alkanes of at least 4 members (excludes halogenated alkanes) is 3. The molecule has 60 valence electrons. The Labute approximate surface area is 71.2 Å². The summed E-state index contributed by atoms with van der Waals surface area (Å²) in [6, 6.07) is 0. The molecule has 0 aromatic carbocycles. The summed E-state index contributed by atoms with van der Waals surface area (Å²) in [5, 5.41) is 1.44. The van der Waals surface area contributed by atoms with Crippen LogP contribution in [0, 0.1) is 0 Å². The molecule has 0 aliphatic rings. The molecule has 0 aliphatic heterocycles. The van der Waals surface area contributed by atoms with Gasteiger partial charge in [-0.05, 0) is 0 Å². The molecule has 10 heavy (non-hydrogen) atoms. The second-order valence-electron chi connectivity index (χ2n) is 2.40. The second kappa shape index (κ2) is 9.26. The summed E-state index contributed by atoms with van der Waals surface area (Å²) < 4.78 is 0. The van der Waals surface area contributed by atoms with Crippen molar-refractivity contribution >= 4 is 15.0 Å². The third-order valence-electron chi connectivity index (χ3n) is 1.35. The van der Waals surface area contributed by atoms with Gasteiger partial charge >= 0.3 is 70.9 Å². The van der Waals surface area contributed by atoms with Gasteiger partial charge in [0, 0.05) is 0 Å². The molecular weight excluding hydrogens is 187 g/mol. The average Bonchev–Trinajstić information content (AvgIpc) is 1.97. The molecule has 0 aromatic heterocycles. The summed E-state index contributed by atoms with van der Waals surface area (Å²) in [6.07, 6.45) is 7.83. The Balaban J connectivity index is 2.77. The summed E-state index contributed by atoms with van der Waals surface area (Å²) in [5.74, 6) is 0. The summed E-state index contributed by atoms with van der Waals surface area (Å²) in [7, 11) is 0. The summed E-state index contributed by atoms with van der Waals surface area (Å²) >= 11 is 0.794. The van der Waals surface area contributed by atoms with Crippen LogP contribution in [-0.4, -0.2) is 15.0 Å². The van der Waals surface area contributed by atoms with Crippen molar-refractivity contribution in [2.75, 3.05) is 0 Å². The molecule has 0 aliphatic carbocycles. The van der Waals surface area contributed by atoms with Gasteiger partial charge in [-0.25, -0.2) is 0 Å². The van der Waals surface area contributed by atoms with Gasteiger partial charge in [0.25, 0.3) is 0 Å². The summed E-state index contributed by atoms with van der Waals surface area (Å²) in [5.41, 5.74) is 0. The van der Waals surface area contributed by atoms with Crippen molar-refractivity contribution in [3.8, 4) is 0 Å². The Morgan fingerprint density at radius 1 is 1.20 bits per heavy atom. The van der Waals surface area contributed by atoms with E-state index in [9.17, 15) is 0 Å². The molecule has 0 atom stereocenters. The molecule has 0 saturated carbocycles. The molecule has 0 aromatic rings. The monoisotopic (exact) mass is 206 g/mol. The first-order chi connectivity index (χ1) is 4.91. The second-order valence-corrected chi connectivity index (χ2v) is 4.53. The number of hydrogen-bond donors (Lipinski definition) is 0. The molecule has 0 N–H and O–H groups in total. The van der Waals surface area contributed by atoms with E-state index in [1.54, 1.807) is 0 Å². The number of rotatable bonds is 6. The van der Waals surface area contributed by atoms with E-state index < -0.39 is 0 Å². The molecule has 0 heterocycles. The molecule has 0 spiro atoms. The molecule has 0 nitrogen and oxygen atoms in total. The third kappa shape index (κ3) is 8.26. The molecule has 0 radical (unpaired) electrons.